The van der Waals surface area contributed by atoms with Crippen molar-refractivity contribution in [2.75, 3.05) is 0 Å². The molecule has 0 amide bonds. The van der Waals surface area contributed by atoms with Crippen molar-refractivity contribution in [1.29, 1.82) is 0 Å². The van der Waals surface area contributed by atoms with Crippen LogP contribution in [0, 0.1) is 0 Å². The summed E-state index contributed by atoms with van der Waals surface area (Å²) in [5.74, 6) is -1.81. The number of carbonyl (C=O) groups excluding carboxylic acids is 1. The Hall–Kier alpha value is -2.15. The summed E-state index contributed by atoms with van der Waals surface area (Å²) in [7, 11) is 0. The zero-order chi connectivity index (χ0) is 13.1. The highest BCUT2D eigenvalue weighted by atomic mass is 79.9. The number of para-hydroxylation sites is 1. The molecule has 2 aromatic rings. The number of esters is 1. The number of carbonyl (C=O) groups is 2. The van der Waals surface area contributed by atoms with Crippen LogP contribution < -0.4 is 4.74 Å². The van der Waals surface area contributed by atoms with Gasteiger partial charge in [-0.25, -0.2) is 14.6 Å². The van der Waals surface area contributed by atoms with E-state index in [1.54, 1.807) is 24.3 Å². The fraction of sp³-hybridized carbons (Fsp3) is 0. The molecule has 1 heterocycles. The summed E-state index contributed by atoms with van der Waals surface area (Å²) in [5, 5.41) is 8.82. The number of benzene rings is 1. The van der Waals surface area contributed by atoms with E-state index in [-0.39, 0.29) is 11.4 Å². The van der Waals surface area contributed by atoms with E-state index in [9.17, 15) is 9.59 Å². The van der Waals surface area contributed by atoms with Crippen LogP contribution in [-0.2, 0) is 0 Å². The minimum atomic E-state index is -1.30. The van der Waals surface area contributed by atoms with Crippen LogP contribution in [0.15, 0.2) is 35.1 Å². The number of aromatic nitrogens is 2. The molecule has 0 saturated carbocycles. The van der Waals surface area contributed by atoms with Crippen LogP contribution in [0.3, 0.4) is 0 Å². The number of aromatic amines is 1. The Bertz CT molecular complexity index is 609. The maximum atomic E-state index is 11.8. The predicted octanol–water partition coefficient (Wildman–Crippen LogP) is 2.09. The number of hydrogen-bond acceptors (Lipinski definition) is 4. The third kappa shape index (κ3) is 2.40. The minimum absolute atomic E-state index is 0.196. The third-order valence-electron chi connectivity index (χ3n) is 2.09. The molecule has 0 bridgehead atoms. The number of rotatable bonds is 3. The van der Waals surface area contributed by atoms with Gasteiger partial charge < -0.3 is 14.8 Å². The minimum Gasteiger partial charge on any atom is -0.476 e. The zero-order valence-corrected chi connectivity index (χ0v) is 10.5. The van der Waals surface area contributed by atoms with Crippen LogP contribution >= 0.6 is 15.9 Å². The van der Waals surface area contributed by atoms with Gasteiger partial charge in [-0.1, -0.05) is 12.1 Å². The van der Waals surface area contributed by atoms with Gasteiger partial charge in [-0.3, -0.25) is 0 Å². The summed E-state index contributed by atoms with van der Waals surface area (Å²) in [6.45, 7) is 0. The van der Waals surface area contributed by atoms with Crippen LogP contribution in [-0.4, -0.2) is 27.0 Å². The number of H-pyrrole nitrogens is 1. The standard InChI is InChI=1S/C11H7BrN2O4/c12-6-3-1-2-4-7(6)18-11(17)9-8(10(15)16)13-5-14-9/h1-5H,(H,13,14)(H,15,16). The second kappa shape index (κ2) is 5.01. The van der Waals surface area contributed by atoms with Crippen LogP contribution in [0.25, 0.3) is 0 Å². The van der Waals surface area contributed by atoms with Gasteiger partial charge in [0.1, 0.15) is 5.75 Å². The van der Waals surface area contributed by atoms with Crippen LogP contribution in [0.1, 0.15) is 21.0 Å². The molecule has 7 heteroatoms. The molecule has 2 N–H and O–H groups in total. The highest BCUT2D eigenvalue weighted by molar-refractivity contribution is 9.10. The van der Waals surface area contributed by atoms with Gasteiger partial charge in [0.15, 0.2) is 11.4 Å². The van der Waals surface area contributed by atoms with E-state index in [0.29, 0.717) is 10.2 Å². The number of hydrogen-bond donors (Lipinski definition) is 2. The summed E-state index contributed by atoms with van der Waals surface area (Å²) in [5.41, 5.74) is -0.565. The largest absolute Gasteiger partial charge is 0.476 e. The average molecular weight is 311 g/mol. The molecule has 18 heavy (non-hydrogen) atoms. The maximum absolute atomic E-state index is 11.8. The van der Waals surface area contributed by atoms with Crippen molar-refractivity contribution in [3.8, 4) is 5.75 Å². The van der Waals surface area contributed by atoms with E-state index in [0.717, 1.165) is 6.33 Å². The molecule has 0 unspecified atom stereocenters. The van der Waals surface area contributed by atoms with Crippen LogP contribution in [0.4, 0.5) is 0 Å². The Morgan fingerprint density at radius 3 is 2.72 bits per heavy atom. The number of nitrogens with one attached hydrogen (secondary N) is 1. The number of imidazole rings is 1. The molecule has 0 aliphatic carbocycles. The maximum Gasteiger partial charge on any atom is 0.362 e. The van der Waals surface area contributed by atoms with E-state index in [1.165, 1.54) is 0 Å². The lowest BCUT2D eigenvalue weighted by Crippen LogP contribution is -2.14. The van der Waals surface area contributed by atoms with Crippen molar-refractivity contribution >= 4 is 27.9 Å². The molecule has 0 atom stereocenters. The van der Waals surface area contributed by atoms with Gasteiger partial charge in [0.2, 0.25) is 0 Å². The SMILES string of the molecule is O=C(O)c1nc[nH]c1C(=O)Oc1ccccc1Br. The number of carboxylic acid groups (broad SMARTS) is 1. The van der Waals surface area contributed by atoms with Gasteiger partial charge in [0.25, 0.3) is 0 Å². The van der Waals surface area contributed by atoms with Gasteiger partial charge in [-0.2, -0.15) is 0 Å². The predicted molar refractivity (Wildman–Crippen MR) is 64.6 cm³/mol. The number of aromatic carboxylic acids is 1. The van der Waals surface area contributed by atoms with Gasteiger partial charge in [-0.05, 0) is 28.1 Å². The molecule has 2 rings (SSSR count). The monoisotopic (exact) mass is 310 g/mol. The highest BCUT2D eigenvalue weighted by Crippen LogP contribution is 2.24. The second-order valence-electron chi connectivity index (χ2n) is 3.25. The summed E-state index contributed by atoms with van der Waals surface area (Å²) in [4.78, 5) is 28.6. The Morgan fingerprint density at radius 2 is 2.06 bits per heavy atom. The summed E-state index contributed by atoms with van der Waals surface area (Å²) < 4.78 is 5.65. The van der Waals surface area contributed by atoms with Crippen molar-refractivity contribution in [2.24, 2.45) is 0 Å². The first-order valence-electron chi connectivity index (χ1n) is 4.83. The Kier molecular flexibility index (Phi) is 3.42. The van der Waals surface area contributed by atoms with Gasteiger partial charge in [0, 0.05) is 0 Å². The Morgan fingerprint density at radius 1 is 1.33 bits per heavy atom. The molecular formula is C11H7BrN2O4. The van der Waals surface area contributed by atoms with Crippen LogP contribution in [0.2, 0.25) is 0 Å². The first kappa shape index (κ1) is 12.3. The number of nitrogens with zero attached hydrogens (tertiary/aromatic N) is 1. The molecule has 6 nitrogen and oxygen atoms in total. The lowest BCUT2D eigenvalue weighted by Gasteiger charge is -2.04. The second-order valence-corrected chi connectivity index (χ2v) is 4.11. The van der Waals surface area contributed by atoms with Crippen LogP contribution in [0.5, 0.6) is 5.75 Å². The molecule has 0 saturated heterocycles. The smallest absolute Gasteiger partial charge is 0.362 e. The van der Waals surface area contributed by atoms with Gasteiger partial charge in [-0.15, -0.1) is 0 Å². The summed E-state index contributed by atoms with van der Waals surface area (Å²) >= 11 is 3.22. The molecule has 0 radical (unpaired) electrons. The average Bonchev–Trinajstić information content (AvgIpc) is 2.81. The molecule has 92 valence electrons. The lowest BCUT2D eigenvalue weighted by atomic mass is 10.3. The molecule has 0 aliphatic heterocycles. The fourth-order valence-electron chi connectivity index (χ4n) is 1.29. The normalized spacial score (nSPS) is 10.1. The molecule has 1 aromatic heterocycles. The number of ether oxygens (including phenoxy) is 1. The highest BCUT2D eigenvalue weighted by Gasteiger charge is 2.21. The molecule has 1 aromatic carbocycles. The van der Waals surface area contributed by atoms with Crippen molar-refractivity contribution in [3.63, 3.8) is 0 Å². The summed E-state index contributed by atoms with van der Waals surface area (Å²) in [6.07, 6.45) is 1.13. The Labute approximate surface area is 110 Å². The molecule has 0 spiro atoms. The third-order valence-corrected chi connectivity index (χ3v) is 2.74. The lowest BCUT2D eigenvalue weighted by molar-refractivity contribution is 0.0661. The van der Waals surface area contributed by atoms with Crippen molar-refractivity contribution in [3.05, 3.63) is 46.5 Å². The summed E-state index contributed by atoms with van der Waals surface area (Å²) in [6, 6.07) is 6.74. The van der Waals surface area contributed by atoms with Crippen molar-refractivity contribution in [1.82, 2.24) is 9.97 Å². The quantitative estimate of drug-likeness (QED) is 0.669. The fourth-order valence-corrected chi connectivity index (χ4v) is 1.66. The Balaban J connectivity index is 2.25. The molecular weight excluding hydrogens is 304 g/mol. The first-order valence-corrected chi connectivity index (χ1v) is 5.62. The topological polar surface area (TPSA) is 92.3 Å². The van der Waals surface area contributed by atoms with Crippen molar-refractivity contribution < 1.29 is 19.4 Å². The van der Waals surface area contributed by atoms with Crippen molar-refractivity contribution in [2.45, 2.75) is 0 Å². The van der Waals surface area contributed by atoms with E-state index >= 15 is 0 Å². The van der Waals surface area contributed by atoms with E-state index in [4.69, 9.17) is 9.84 Å². The number of halogens is 1. The molecule has 0 fully saturated rings. The van der Waals surface area contributed by atoms with Gasteiger partial charge in [0.05, 0.1) is 10.8 Å². The van der Waals surface area contributed by atoms with E-state index < -0.39 is 11.9 Å². The molecule has 0 aliphatic rings. The zero-order valence-electron chi connectivity index (χ0n) is 8.88. The number of carboxylic acids is 1. The van der Waals surface area contributed by atoms with E-state index in [2.05, 4.69) is 25.9 Å². The van der Waals surface area contributed by atoms with E-state index in [1.807, 2.05) is 0 Å². The van der Waals surface area contributed by atoms with Gasteiger partial charge >= 0.3 is 11.9 Å². The first-order chi connectivity index (χ1) is 8.59.